The standard InChI is InChI=1S/C13H20FN3O3/c14-11-3-2-10(12(8-11)13(15)17-19)9-16-4-1-6-20-7-5-18/h2-3,8,16,18-19H,1,4-7,9H2,(H2,15,17). The van der Waals surface area contributed by atoms with Gasteiger partial charge in [0.2, 0.25) is 0 Å². The van der Waals surface area contributed by atoms with E-state index >= 15 is 0 Å². The van der Waals surface area contributed by atoms with Crippen molar-refractivity contribution in [1.82, 2.24) is 5.32 Å². The number of hydrogen-bond donors (Lipinski definition) is 4. The van der Waals surface area contributed by atoms with Gasteiger partial charge in [-0.15, -0.1) is 0 Å². The summed E-state index contributed by atoms with van der Waals surface area (Å²) in [7, 11) is 0. The van der Waals surface area contributed by atoms with Crippen LogP contribution in [-0.2, 0) is 11.3 Å². The molecule has 112 valence electrons. The molecular weight excluding hydrogens is 265 g/mol. The van der Waals surface area contributed by atoms with E-state index in [1.807, 2.05) is 0 Å². The molecule has 7 heteroatoms. The summed E-state index contributed by atoms with van der Waals surface area (Å²) in [6.07, 6.45) is 0.792. The van der Waals surface area contributed by atoms with Crippen LogP contribution in [0.4, 0.5) is 4.39 Å². The maximum Gasteiger partial charge on any atom is 0.170 e. The van der Waals surface area contributed by atoms with Crippen molar-refractivity contribution in [3.05, 3.63) is 35.1 Å². The first-order valence-corrected chi connectivity index (χ1v) is 6.34. The number of ether oxygens (including phenoxy) is 1. The second kappa shape index (κ2) is 9.24. The van der Waals surface area contributed by atoms with Gasteiger partial charge in [0.25, 0.3) is 0 Å². The molecule has 5 N–H and O–H groups in total. The number of nitrogens with zero attached hydrogens (tertiary/aromatic N) is 1. The molecule has 0 spiro atoms. The molecule has 1 aromatic rings. The Morgan fingerprint density at radius 2 is 2.20 bits per heavy atom. The fraction of sp³-hybridized carbons (Fsp3) is 0.462. The molecule has 0 aromatic heterocycles. The number of nitrogens with one attached hydrogen (secondary N) is 1. The summed E-state index contributed by atoms with van der Waals surface area (Å²) in [5.74, 6) is -0.555. The van der Waals surface area contributed by atoms with Crippen LogP contribution < -0.4 is 11.1 Å². The van der Waals surface area contributed by atoms with E-state index in [4.69, 9.17) is 20.8 Å². The van der Waals surface area contributed by atoms with Crippen LogP contribution in [0.5, 0.6) is 0 Å². The number of aliphatic hydroxyl groups excluding tert-OH is 1. The van der Waals surface area contributed by atoms with Crippen LogP contribution >= 0.6 is 0 Å². The highest BCUT2D eigenvalue weighted by Crippen LogP contribution is 2.11. The Labute approximate surface area is 117 Å². The fourth-order valence-electron chi connectivity index (χ4n) is 1.68. The summed E-state index contributed by atoms with van der Waals surface area (Å²) in [4.78, 5) is 0. The quantitative estimate of drug-likeness (QED) is 0.173. The Kier molecular flexibility index (Phi) is 7.56. The van der Waals surface area contributed by atoms with Crippen molar-refractivity contribution in [2.24, 2.45) is 10.9 Å². The fourth-order valence-corrected chi connectivity index (χ4v) is 1.68. The first-order valence-electron chi connectivity index (χ1n) is 6.34. The molecule has 0 heterocycles. The van der Waals surface area contributed by atoms with Crippen molar-refractivity contribution < 1.29 is 19.4 Å². The minimum absolute atomic E-state index is 0.0200. The summed E-state index contributed by atoms with van der Waals surface area (Å²) >= 11 is 0. The second-order valence-electron chi connectivity index (χ2n) is 4.15. The van der Waals surface area contributed by atoms with E-state index in [-0.39, 0.29) is 12.4 Å². The summed E-state index contributed by atoms with van der Waals surface area (Å²) in [5, 5.41) is 23.3. The van der Waals surface area contributed by atoms with Gasteiger partial charge in [-0.25, -0.2) is 4.39 Å². The first kappa shape index (κ1) is 16.4. The lowest BCUT2D eigenvalue weighted by Gasteiger charge is -2.10. The molecule has 0 radical (unpaired) electrons. The highest BCUT2D eigenvalue weighted by Gasteiger charge is 2.08. The van der Waals surface area contributed by atoms with E-state index < -0.39 is 5.82 Å². The Bertz CT molecular complexity index is 441. The SMILES string of the molecule is N/C(=N/O)c1cc(F)ccc1CNCCCOCCO. The van der Waals surface area contributed by atoms with E-state index in [2.05, 4.69) is 10.5 Å². The Morgan fingerprint density at radius 1 is 1.40 bits per heavy atom. The molecular formula is C13H20FN3O3. The number of nitrogens with two attached hydrogens (primary N) is 1. The topological polar surface area (TPSA) is 100 Å². The lowest BCUT2D eigenvalue weighted by atomic mass is 10.1. The molecule has 0 aliphatic heterocycles. The van der Waals surface area contributed by atoms with Gasteiger partial charge in [-0.1, -0.05) is 11.2 Å². The van der Waals surface area contributed by atoms with Gasteiger partial charge in [0.1, 0.15) is 5.82 Å². The molecule has 0 amide bonds. The maximum atomic E-state index is 13.2. The summed E-state index contributed by atoms with van der Waals surface area (Å²) in [6, 6.07) is 4.16. The van der Waals surface area contributed by atoms with Crippen molar-refractivity contribution >= 4 is 5.84 Å². The van der Waals surface area contributed by atoms with Crippen molar-refractivity contribution in [3.8, 4) is 0 Å². The Morgan fingerprint density at radius 3 is 2.90 bits per heavy atom. The van der Waals surface area contributed by atoms with Crippen LogP contribution in [0.15, 0.2) is 23.4 Å². The molecule has 0 aliphatic carbocycles. The van der Waals surface area contributed by atoms with E-state index in [9.17, 15) is 4.39 Å². The normalized spacial score (nSPS) is 11.8. The van der Waals surface area contributed by atoms with Gasteiger partial charge in [0.05, 0.1) is 13.2 Å². The molecule has 0 fully saturated rings. The monoisotopic (exact) mass is 285 g/mol. The molecule has 0 aliphatic rings. The molecule has 0 saturated heterocycles. The third-order valence-corrected chi connectivity index (χ3v) is 2.65. The summed E-state index contributed by atoms with van der Waals surface area (Å²) in [6.45, 7) is 2.10. The Hall–Kier alpha value is -1.70. The van der Waals surface area contributed by atoms with Crippen LogP contribution in [0.3, 0.4) is 0 Å². The van der Waals surface area contributed by atoms with Gasteiger partial charge >= 0.3 is 0 Å². The molecule has 0 atom stereocenters. The van der Waals surface area contributed by atoms with E-state index in [1.165, 1.54) is 12.1 Å². The average molecular weight is 285 g/mol. The number of rotatable bonds is 9. The smallest absolute Gasteiger partial charge is 0.170 e. The number of amidine groups is 1. The molecule has 1 aromatic carbocycles. The largest absolute Gasteiger partial charge is 0.409 e. The number of oxime groups is 1. The Balaban J connectivity index is 2.43. The van der Waals surface area contributed by atoms with Gasteiger partial charge in [-0.05, 0) is 30.7 Å². The number of aliphatic hydroxyl groups is 1. The zero-order valence-corrected chi connectivity index (χ0v) is 11.2. The number of hydrogen-bond acceptors (Lipinski definition) is 5. The van der Waals surface area contributed by atoms with Crippen LogP contribution in [0.1, 0.15) is 17.5 Å². The van der Waals surface area contributed by atoms with Gasteiger partial charge < -0.3 is 26.1 Å². The molecule has 20 heavy (non-hydrogen) atoms. The predicted molar refractivity (Wildman–Crippen MR) is 73.1 cm³/mol. The molecule has 0 saturated carbocycles. The summed E-state index contributed by atoms with van der Waals surface area (Å²) < 4.78 is 18.3. The van der Waals surface area contributed by atoms with Crippen LogP contribution in [0.25, 0.3) is 0 Å². The van der Waals surface area contributed by atoms with E-state index in [1.54, 1.807) is 6.07 Å². The highest BCUT2D eigenvalue weighted by atomic mass is 19.1. The average Bonchev–Trinajstić information content (AvgIpc) is 2.46. The van der Waals surface area contributed by atoms with Crippen molar-refractivity contribution in [1.29, 1.82) is 0 Å². The maximum absolute atomic E-state index is 13.2. The van der Waals surface area contributed by atoms with Gasteiger partial charge in [-0.2, -0.15) is 0 Å². The van der Waals surface area contributed by atoms with E-state index in [0.717, 1.165) is 12.0 Å². The molecule has 6 nitrogen and oxygen atoms in total. The van der Waals surface area contributed by atoms with Gasteiger partial charge in [0.15, 0.2) is 5.84 Å². The van der Waals surface area contributed by atoms with Gasteiger partial charge in [0, 0.05) is 18.7 Å². The van der Waals surface area contributed by atoms with Crippen molar-refractivity contribution in [3.63, 3.8) is 0 Å². The first-order chi connectivity index (χ1) is 9.69. The van der Waals surface area contributed by atoms with Crippen LogP contribution in [-0.4, -0.2) is 42.5 Å². The zero-order valence-electron chi connectivity index (χ0n) is 11.2. The highest BCUT2D eigenvalue weighted by molar-refractivity contribution is 5.98. The van der Waals surface area contributed by atoms with Crippen molar-refractivity contribution in [2.45, 2.75) is 13.0 Å². The molecule has 1 rings (SSSR count). The predicted octanol–water partition coefficient (Wildman–Crippen LogP) is 0.409. The third-order valence-electron chi connectivity index (χ3n) is 2.65. The van der Waals surface area contributed by atoms with Crippen LogP contribution in [0.2, 0.25) is 0 Å². The zero-order chi connectivity index (χ0) is 14.8. The lowest BCUT2D eigenvalue weighted by molar-refractivity contribution is 0.0907. The number of benzene rings is 1. The van der Waals surface area contributed by atoms with E-state index in [0.29, 0.717) is 31.9 Å². The van der Waals surface area contributed by atoms with Gasteiger partial charge in [-0.3, -0.25) is 0 Å². The molecule has 0 bridgehead atoms. The number of halogens is 1. The minimum atomic E-state index is -0.437. The summed E-state index contributed by atoms with van der Waals surface area (Å²) in [5.41, 5.74) is 6.63. The van der Waals surface area contributed by atoms with Crippen LogP contribution in [0, 0.1) is 5.82 Å². The minimum Gasteiger partial charge on any atom is -0.409 e. The molecule has 0 unspecified atom stereocenters. The second-order valence-corrected chi connectivity index (χ2v) is 4.15. The van der Waals surface area contributed by atoms with Crippen molar-refractivity contribution in [2.75, 3.05) is 26.4 Å². The lowest BCUT2D eigenvalue weighted by Crippen LogP contribution is -2.21. The third kappa shape index (κ3) is 5.52.